The standard InChI is InChI=1S/C21H23NO6/c1-4-28-20(25)18-19(24)22(21(18)10-7-15(23)8-11-21)12-9-14-5-6-16(26-2)17(13-14)27-3/h5-8,10-11,13,18H,4,9,12H2,1-3H3/t18-/m1/s1. The molecule has 148 valence electrons. The number of nitrogens with zero attached hydrogens (tertiary/aromatic N) is 1. The predicted octanol–water partition coefficient (Wildman–Crippen LogP) is 1.70. The Kier molecular flexibility index (Phi) is 5.53. The second-order valence-electron chi connectivity index (χ2n) is 6.57. The van der Waals surface area contributed by atoms with Gasteiger partial charge >= 0.3 is 5.97 Å². The number of rotatable bonds is 7. The maximum absolute atomic E-state index is 12.7. The Labute approximate surface area is 163 Å². The van der Waals surface area contributed by atoms with Gasteiger partial charge in [0, 0.05) is 6.54 Å². The van der Waals surface area contributed by atoms with Crippen molar-refractivity contribution in [3.8, 4) is 11.5 Å². The highest BCUT2D eigenvalue weighted by molar-refractivity contribution is 6.09. The highest BCUT2D eigenvalue weighted by Gasteiger charge is 2.61. The number of hydrogen-bond acceptors (Lipinski definition) is 6. The van der Waals surface area contributed by atoms with E-state index in [1.165, 1.54) is 12.2 Å². The van der Waals surface area contributed by atoms with Gasteiger partial charge in [0.1, 0.15) is 5.54 Å². The number of benzene rings is 1. The van der Waals surface area contributed by atoms with Gasteiger partial charge in [0.25, 0.3) is 0 Å². The zero-order chi connectivity index (χ0) is 20.3. The van der Waals surface area contributed by atoms with Crippen LogP contribution in [0, 0.1) is 5.92 Å². The topological polar surface area (TPSA) is 82.1 Å². The number of amides is 1. The van der Waals surface area contributed by atoms with E-state index < -0.39 is 17.4 Å². The molecule has 0 N–H and O–H groups in total. The van der Waals surface area contributed by atoms with E-state index in [-0.39, 0.29) is 18.3 Å². The van der Waals surface area contributed by atoms with Crippen molar-refractivity contribution in [2.45, 2.75) is 18.9 Å². The van der Waals surface area contributed by atoms with E-state index in [0.29, 0.717) is 24.5 Å². The van der Waals surface area contributed by atoms with Crippen LogP contribution >= 0.6 is 0 Å². The third-order valence-corrected chi connectivity index (χ3v) is 5.07. The third-order valence-electron chi connectivity index (χ3n) is 5.07. The van der Waals surface area contributed by atoms with Crippen LogP contribution in [0.5, 0.6) is 11.5 Å². The summed E-state index contributed by atoms with van der Waals surface area (Å²) in [5.41, 5.74) is 0.00777. The molecule has 0 bridgehead atoms. The van der Waals surface area contributed by atoms with Gasteiger partial charge in [-0.25, -0.2) is 0 Å². The van der Waals surface area contributed by atoms with Crippen molar-refractivity contribution in [2.24, 2.45) is 5.92 Å². The number of esters is 1. The van der Waals surface area contributed by atoms with Crippen molar-refractivity contribution in [2.75, 3.05) is 27.4 Å². The summed E-state index contributed by atoms with van der Waals surface area (Å²) in [6.07, 6.45) is 6.57. The predicted molar refractivity (Wildman–Crippen MR) is 101 cm³/mol. The molecular formula is C21H23NO6. The molecular weight excluding hydrogens is 362 g/mol. The van der Waals surface area contributed by atoms with Gasteiger partial charge in [-0.2, -0.15) is 0 Å². The number of allylic oxidation sites excluding steroid dienone is 2. The molecule has 1 heterocycles. The molecule has 1 aliphatic heterocycles. The molecule has 1 spiro atoms. The van der Waals surface area contributed by atoms with E-state index in [2.05, 4.69) is 0 Å². The number of carbonyl (C=O) groups excluding carboxylic acids is 3. The van der Waals surface area contributed by atoms with E-state index in [4.69, 9.17) is 14.2 Å². The SMILES string of the molecule is CCOC(=O)[C@H]1C(=O)N(CCc2ccc(OC)c(OC)c2)C12C=CC(=O)C=C2. The van der Waals surface area contributed by atoms with Crippen LogP contribution in [0.3, 0.4) is 0 Å². The Bertz CT molecular complexity index is 840. The lowest BCUT2D eigenvalue weighted by Gasteiger charge is -2.54. The monoisotopic (exact) mass is 385 g/mol. The summed E-state index contributed by atoms with van der Waals surface area (Å²) in [5, 5.41) is 0. The first-order valence-corrected chi connectivity index (χ1v) is 9.08. The molecule has 28 heavy (non-hydrogen) atoms. The minimum atomic E-state index is -0.960. The molecule has 0 unspecified atom stereocenters. The van der Waals surface area contributed by atoms with Crippen molar-refractivity contribution in [3.05, 3.63) is 48.1 Å². The summed E-state index contributed by atoms with van der Waals surface area (Å²) in [6, 6.07) is 5.56. The second-order valence-corrected chi connectivity index (χ2v) is 6.57. The number of carbonyl (C=O) groups is 3. The first-order chi connectivity index (χ1) is 13.5. The maximum Gasteiger partial charge on any atom is 0.321 e. The fourth-order valence-corrected chi connectivity index (χ4v) is 3.65. The minimum Gasteiger partial charge on any atom is -0.493 e. The summed E-state index contributed by atoms with van der Waals surface area (Å²) in [6.45, 7) is 2.27. The number of ether oxygens (including phenoxy) is 3. The van der Waals surface area contributed by atoms with Crippen LogP contribution in [0.25, 0.3) is 0 Å². The van der Waals surface area contributed by atoms with Gasteiger partial charge in [-0.15, -0.1) is 0 Å². The zero-order valence-electron chi connectivity index (χ0n) is 16.1. The van der Waals surface area contributed by atoms with Crippen LogP contribution in [-0.4, -0.2) is 55.5 Å². The highest BCUT2D eigenvalue weighted by atomic mass is 16.5. The van der Waals surface area contributed by atoms with Gasteiger partial charge in [0.2, 0.25) is 5.91 Å². The number of likely N-dealkylation sites (tertiary alicyclic amines) is 1. The van der Waals surface area contributed by atoms with E-state index in [0.717, 1.165) is 5.56 Å². The Hall–Kier alpha value is -3.09. The zero-order valence-corrected chi connectivity index (χ0v) is 16.1. The number of hydrogen-bond donors (Lipinski definition) is 0. The van der Waals surface area contributed by atoms with E-state index in [9.17, 15) is 14.4 Å². The molecule has 7 nitrogen and oxygen atoms in total. The van der Waals surface area contributed by atoms with Crippen LogP contribution in [0.1, 0.15) is 12.5 Å². The van der Waals surface area contributed by atoms with Gasteiger partial charge in [-0.05, 0) is 55.3 Å². The third kappa shape index (κ3) is 3.28. The molecule has 0 radical (unpaired) electrons. The Morgan fingerprint density at radius 1 is 1.11 bits per heavy atom. The number of β-lactam (4-membered cyclic amide) rings is 1. The van der Waals surface area contributed by atoms with Crippen molar-refractivity contribution in [1.29, 1.82) is 0 Å². The van der Waals surface area contributed by atoms with Crippen LogP contribution < -0.4 is 9.47 Å². The molecule has 1 fully saturated rings. The number of ketones is 1. The first kappa shape index (κ1) is 19.7. The maximum atomic E-state index is 12.7. The van der Waals surface area contributed by atoms with Crippen LogP contribution in [0.2, 0.25) is 0 Å². The van der Waals surface area contributed by atoms with Crippen molar-refractivity contribution < 1.29 is 28.6 Å². The minimum absolute atomic E-state index is 0.174. The fraction of sp³-hybridized carbons (Fsp3) is 0.381. The van der Waals surface area contributed by atoms with Crippen LogP contribution in [0.15, 0.2) is 42.5 Å². The molecule has 1 aliphatic carbocycles. The largest absolute Gasteiger partial charge is 0.493 e. The normalized spacial score (nSPS) is 19.5. The highest BCUT2D eigenvalue weighted by Crippen LogP contribution is 2.43. The lowest BCUT2D eigenvalue weighted by Crippen LogP contribution is -2.72. The van der Waals surface area contributed by atoms with Crippen molar-refractivity contribution in [1.82, 2.24) is 4.90 Å². The van der Waals surface area contributed by atoms with Crippen molar-refractivity contribution in [3.63, 3.8) is 0 Å². The molecule has 3 rings (SSSR count). The second kappa shape index (κ2) is 7.88. The molecule has 0 saturated carbocycles. The Morgan fingerprint density at radius 3 is 2.39 bits per heavy atom. The Balaban J connectivity index is 1.80. The van der Waals surface area contributed by atoms with Gasteiger partial charge in [-0.1, -0.05) is 6.07 Å². The van der Waals surface area contributed by atoms with Gasteiger partial charge in [0.15, 0.2) is 23.2 Å². The summed E-state index contributed by atoms with van der Waals surface area (Å²) < 4.78 is 15.6. The quantitative estimate of drug-likeness (QED) is 0.404. The molecule has 1 aromatic carbocycles. The molecule has 1 aromatic rings. The molecule has 1 atom stereocenters. The first-order valence-electron chi connectivity index (χ1n) is 9.08. The molecule has 1 saturated heterocycles. The summed E-state index contributed by atoms with van der Waals surface area (Å²) in [7, 11) is 3.13. The fourth-order valence-electron chi connectivity index (χ4n) is 3.65. The number of methoxy groups -OCH3 is 2. The summed E-state index contributed by atoms with van der Waals surface area (Å²) in [4.78, 5) is 38.2. The smallest absolute Gasteiger partial charge is 0.321 e. The lowest BCUT2D eigenvalue weighted by molar-refractivity contribution is -0.176. The van der Waals surface area contributed by atoms with Crippen molar-refractivity contribution >= 4 is 17.7 Å². The molecule has 2 aliphatic rings. The van der Waals surface area contributed by atoms with Crippen LogP contribution in [0.4, 0.5) is 0 Å². The average Bonchev–Trinajstić information content (AvgIpc) is 2.69. The lowest BCUT2D eigenvalue weighted by atomic mass is 9.70. The van der Waals surface area contributed by atoms with E-state index >= 15 is 0 Å². The van der Waals surface area contributed by atoms with Gasteiger partial charge in [-0.3, -0.25) is 14.4 Å². The summed E-state index contributed by atoms with van der Waals surface area (Å²) in [5.74, 6) is -0.772. The molecule has 0 aromatic heterocycles. The summed E-state index contributed by atoms with van der Waals surface area (Å²) >= 11 is 0. The van der Waals surface area contributed by atoms with Gasteiger partial charge < -0.3 is 19.1 Å². The molecule has 1 amide bonds. The van der Waals surface area contributed by atoms with Crippen LogP contribution in [-0.2, 0) is 25.5 Å². The average molecular weight is 385 g/mol. The van der Waals surface area contributed by atoms with E-state index in [1.807, 2.05) is 18.2 Å². The molecule has 7 heteroatoms. The van der Waals surface area contributed by atoms with Gasteiger partial charge in [0.05, 0.1) is 20.8 Å². The van der Waals surface area contributed by atoms with E-state index in [1.54, 1.807) is 38.2 Å². The Morgan fingerprint density at radius 2 is 1.79 bits per heavy atom.